The van der Waals surface area contributed by atoms with Gasteiger partial charge in [0, 0.05) is 42.9 Å². The van der Waals surface area contributed by atoms with E-state index < -0.39 is 6.03 Å². The molecule has 2 aromatic carbocycles. The van der Waals surface area contributed by atoms with Gasteiger partial charge in [0.15, 0.2) is 17.3 Å². The molecule has 0 fully saturated rings. The van der Waals surface area contributed by atoms with Crippen LogP contribution in [0.1, 0.15) is 10.4 Å². The second-order valence-electron chi connectivity index (χ2n) is 8.12. The van der Waals surface area contributed by atoms with Gasteiger partial charge >= 0.3 is 6.03 Å². The van der Waals surface area contributed by atoms with Crippen molar-refractivity contribution in [1.29, 1.82) is 0 Å². The van der Waals surface area contributed by atoms with Gasteiger partial charge in [0.2, 0.25) is 0 Å². The number of rotatable bonds is 7. The molecule has 2 aromatic heterocycles. The zero-order chi connectivity index (χ0) is 25.8. The fourth-order valence-electron chi connectivity index (χ4n) is 4.00. The first-order valence-corrected chi connectivity index (χ1v) is 11.5. The quantitative estimate of drug-likeness (QED) is 0.281. The fourth-order valence-corrected chi connectivity index (χ4v) is 4.00. The molecule has 0 bridgehead atoms. The van der Waals surface area contributed by atoms with Gasteiger partial charge in [-0.1, -0.05) is 12.1 Å². The van der Waals surface area contributed by atoms with Gasteiger partial charge in [-0.3, -0.25) is 4.79 Å². The molecule has 0 radical (unpaired) electrons. The molecule has 1 aliphatic heterocycles. The van der Waals surface area contributed by atoms with Gasteiger partial charge in [-0.2, -0.15) is 5.10 Å². The minimum Gasteiger partial charge on any atom is -0.486 e. The summed E-state index contributed by atoms with van der Waals surface area (Å²) >= 11 is 0. The molecule has 4 aromatic rings. The summed E-state index contributed by atoms with van der Waals surface area (Å²) in [5, 5.41) is 12.6. The maximum atomic E-state index is 12.9. The smallest absolute Gasteiger partial charge is 0.323 e. The van der Waals surface area contributed by atoms with Crippen LogP contribution in [-0.4, -0.2) is 60.0 Å². The Kier molecular flexibility index (Phi) is 6.72. The van der Waals surface area contributed by atoms with Crippen LogP contribution in [0.2, 0.25) is 0 Å². The van der Waals surface area contributed by atoms with Gasteiger partial charge in [0.1, 0.15) is 25.1 Å². The van der Waals surface area contributed by atoms with Crippen LogP contribution in [0.25, 0.3) is 16.6 Å². The second kappa shape index (κ2) is 10.4. The Morgan fingerprint density at radius 3 is 2.57 bits per heavy atom. The number of anilines is 3. The van der Waals surface area contributed by atoms with E-state index in [4.69, 9.17) is 19.9 Å². The highest BCUT2D eigenvalue weighted by molar-refractivity contribution is 6.07. The molecule has 1 aliphatic rings. The number of nitrogen functional groups attached to an aromatic ring is 1. The number of nitrogens with two attached hydrogens (primary N) is 1. The van der Waals surface area contributed by atoms with Crippen LogP contribution in [0, 0.1) is 0 Å². The van der Waals surface area contributed by atoms with Crippen LogP contribution in [0.4, 0.5) is 22.0 Å². The molecule has 12 nitrogen and oxygen atoms in total. The van der Waals surface area contributed by atoms with Crippen molar-refractivity contribution in [2.75, 3.05) is 49.8 Å². The summed E-state index contributed by atoms with van der Waals surface area (Å²) in [6.07, 6.45) is 2.93. The SMILES string of the molecule is COCCNC(=O)c1cn2ncnc(N)c2c1-c1ccc(NC(=O)Nc2ccc3c(c2)OCCO3)cc1. The number of urea groups is 1. The molecule has 3 heterocycles. The fraction of sp³-hybridized carbons (Fsp3) is 0.200. The normalized spacial score (nSPS) is 12.2. The number of fused-ring (bicyclic) bond motifs is 2. The van der Waals surface area contributed by atoms with E-state index in [2.05, 4.69) is 26.0 Å². The van der Waals surface area contributed by atoms with Crippen molar-refractivity contribution >= 4 is 34.6 Å². The summed E-state index contributed by atoms with van der Waals surface area (Å²) in [5.41, 5.74) is 9.45. The monoisotopic (exact) mass is 503 g/mol. The topological polar surface area (TPSA) is 154 Å². The number of ether oxygens (including phenoxy) is 3. The molecule has 0 spiro atoms. The van der Waals surface area contributed by atoms with Crippen LogP contribution in [0.15, 0.2) is 55.0 Å². The zero-order valence-electron chi connectivity index (χ0n) is 20.0. The van der Waals surface area contributed by atoms with Gasteiger partial charge in [0.25, 0.3) is 5.91 Å². The van der Waals surface area contributed by atoms with Gasteiger partial charge in [-0.25, -0.2) is 14.3 Å². The van der Waals surface area contributed by atoms with Gasteiger partial charge in [-0.15, -0.1) is 0 Å². The van der Waals surface area contributed by atoms with Crippen molar-refractivity contribution in [3.05, 3.63) is 60.6 Å². The number of hydrogen-bond acceptors (Lipinski definition) is 8. The average Bonchev–Trinajstić information content (AvgIpc) is 3.30. The Morgan fingerprint density at radius 2 is 1.78 bits per heavy atom. The third-order valence-corrected chi connectivity index (χ3v) is 5.67. The van der Waals surface area contributed by atoms with Crippen molar-refractivity contribution in [3.8, 4) is 22.6 Å². The minimum absolute atomic E-state index is 0.238. The maximum absolute atomic E-state index is 12.9. The lowest BCUT2D eigenvalue weighted by Crippen LogP contribution is -2.27. The second-order valence-corrected chi connectivity index (χ2v) is 8.12. The zero-order valence-corrected chi connectivity index (χ0v) is 20.0. The number of nitrogens with one attached hydrogen (secondary N) is 3. The Morgan fingerprint density at radius 1 is 1.05 bits per heavy atom. The summed E-state index contributed by atoms with van der Waals surface area (Å²) in [7, 11) is 1.56. The number of carbonyl (C=O) groups excluding carboxylic acids is 2. The standard InChI is InChI=1S/C25H25N7O5/c1-35-9-8-27-24(33)18-13-32-22(23(26)28-14-29-32)21(18)15-2-4-16(5-3-15)30-25(34)31-17-6-7-19-20(12-17)37-11-10-36-19/h2-7,12-14H,8-11H2,1H3,(H,27,33)(H2,26,28,29)(H2,30,31,34). The molecule has 0 unspecified atom stereocenters. The van der Waals surface area contributed by atoms with Crippen molar-refractivity contribution < 1.29 is 23.8 Å². The minimum atomic E-state index is -0.422. The average molecular weight is 504 g/mol. The lowest BCUT2D eigenvalue weighted by molar-refractivity contribution is 0.0937. The predicted octanol–water partition coefficient (Wildman–Crippen LogP) is 2.77. The Hall–Kier alpha value is -4.84. The third kappa shape index (κ3) is 5.09. The van der Waals surface area contributed by atoms with Crippen molar-refractivity contribution in [1.82, 2.24) is 19.9 Å². The van der Waals surface area contributed by atoms with E-state index in [1.165, 1.54) is 10.8 Å². The molecule has 5 rings (SSSR count). The maximum Gasteiger partial charge on any atom is 0.323 e. The molecule has 0 atom stereocenters. The highest BCUT2D eigenvalue weighted by atomic mass is 16.6. The number of amides is 3. The van der Waals surface area contributed by atoms with E-state index in [0.717, 1.165) is 0 Å². The number of nitrogens with zero attached hydrogens (tertiary/aromatic N) is 3. The summed E-state index contributed by atoms with van der Waals surface area (Å²) in [6.45, 7) is 1.68. The molecular weight excluding hydrogens is 478 g/mol. The van der Waals surface area contributed by atoms with Crippen molar-refractivity contribution in [3.63, 3.8) is 0 Å². The summed E-state index contributed by atoms with van der Waals surface area (Å²) in [4.78, 5) is 29.6. The number of benzene rings is 2. The molecule has 0 saturated heterocycles. The Bertz CT molecular complexity index is 1450. The first kappa shape index (κ1) is 23.9. The lowest BCUT2D eigenvalue weighted by atomic mass is 10.0. The van der Waals surface area contributed by atoms with E-state index >= 15 is 0 Å². The number of aromatic nitrogens is 3. The molecule has 5 N–H and O–H groups in total. The predicted molar refractivity (Wildman–Crippen MR) is 137 cm³/mol. The van der Waals surface area contributed by atoms with E-state index in [0.29, 0.717) is 71.4 Å². The van der Waals surface area contributed by atoms with Crippen LogP contribution in [0.5, 0.6) is 11.5 Å². The van der Waals surface area contributed by atoms with E-state index in [1.807, 2.05) is 0 Å². The molecule has 0 saturated carbocycles. The van der Waals surface area contributed by atoms with Crippen molar-refractivity contribution in [2.24, 2.45) is 0 Å². The van der Waals surface area contributed by atoms with Gasteiger partial charge in [0.05, 0.1) is 12.2 Å². The number of carbonyl (C=O) groups is 2. The first-order valence-electron chi connectivity index (χ1n) is 11.5. The lowest BCUT2D eigenvalue weighted by Gasteiger charge is -2.19. The van der Waals surface area contributed by atoms with E-state index in [1.54, 1.807) is 55.8 Å². The Labute approximate surface area is 211 Å². The van der Waals surface area contributed by atoms with E-state index in [-0.39, 0.29) is 11.7 Å². The molecule has 3 amide bonds. The largest absolute Gasteiger partial charge is 0.486 e. The molecule has 37 heavy (non-hydrogen) atoms. The van der Waals surface area contributed by atoms with E-state index in [9.17, 15) is 9.59 Å². The van der Waals surface area contributed by atoms with Crippen LogP contribution in [-0.2, 0) is 4.74 Å². The van der Waals surface area contributed by atoms with Gasteiger partial charge < -0.3 is 35.9 Å². The number of hydrogen-bond donors (Lipinski definition) is 4. The van der Waals surface area contributed by atoms with Crippen LogP contribution >= 0.6 is 0 Å². The molecule has 190 valence electrons. The molecule has 0 aliphatic carbocycles. The van der Waals surface area contributed by atoms with Crippen LogP contribution in [0.3, 0.4) is 0 Å². The summed E-state index contributed by atoms with van der Waals surface area (Å²) < 4.78 is 17.6. The number of methoxy groups -OCH3 is 1. The summed E-state index contributed by atoms with van der Waals surface area (Å²) in [6, 6.07) is 11.8. The summed E-state index contributed by atoms with van der Waals surface area (Å²) in [5.74, 6) is 1.17. The first-order chi connectivity index (χ1) is 18.0. The molecular formula is C25H25N7O5. The van der Waals surface area contributed by atoms with Crippen molar-refractivity contribution in [2.45, 2.75) is 0 Å². The highest BCUT2D eigenvalue weighted by Gasteiger charge is 2.21. The van der Waals surface area contributed by atoms with Crippen LogP contribution < -0.4 is 31.2 Å². The Balaban J connectivity index is 1.35. The highest BCUT2D eigenvalue weighted by Crippen LogP contribution is 2.34. The third-order valence-electron chi connectivity index (χ3n) is 5.67. The molecule has 12 heteroatoms. The van der Waals surface area contributed by atoms with Gasteiger partial charge in [-0.05, 0) is 29.8 Å².